The maximum absolute atomic E-state index is 14.3. The molecule has 1 fully saturated rings. The van der Waals surface area contributed by atoms with Gasteiger partial charge >= 0.3 is 0 Å². The topological polar surface area (TPSA) is 79.5 Å². The highest BCUT2D eigenvalue weighted by molar-refractivity contribution is 5.95. The van der Waals surface area contributed by atoms with Crippen LogP contribution in [-0.2, 0) is 9.53 Å². The van der Waals surface area contributed by atoms with E-state index in [1.54, 1.807) is 43.3 Å². The van der Waals surface area contributed by atoms with Crippen molar-refractivity contribution in [1.29, 1.82) is 0 Å². The van der Waals surface area contributed by atoms with Crippen LogP contribution in [0.25, 0.3) is 0 Å². The number of nitrogens with one attached hydrogen (secondary N) is 3. The molecular weight excluding hydrogens is 373 g/mol. The molecule has 3 rings (SSSR count). The van der Waals surface area contributed by atoms with Gasteiger partial charge in [0.05, 0.1) is 11.8 Å². The molecule has 7 heteroatoms. The lowest BCUT2D eigenvalue weighted by Crippen LogP contribution is -2.35. The predicted molar refractivity (Wildman–Crippen MR) is 110 cm³/mol. The van der Waals surface area contributed by atoms with Gasteiger partial charge < -0.3 is 20.7 Å². The van der Waals surface area contributed by atoms with E-state index in [0.717, 1.165) is 19.4 Å². The lowest BCUT2D eigenvalue weighted by molar-refractivity contribution is -0.116. The van der Waals surface area contributed by atoms with Gasteiger partial charge in [0.1, 0.15) is 5.82 Å². The molecule has 1 saturated heterocycles. The Morgan fingerprint density at radius 1 is 1.21 bits per heavy atom. The van der Waals surface area contributed by atoms with Crippen LogP contribution in [-0.4, -0.2) is 37.1 Å². The van der Waals surface area contributed by atoms with Crippen molar-refractivity contribution < 1.29 is 18.7 Å². The number of benzene rings is 2. The fourth-order valence-electron chi connectivity index (χ4n) is 3.20. The molecule has 154 valence electrons. The van der Waals surface area contributed by atoms with Crippen LogP contribution in [0.5, 0.6) is 0 Å². The third kappa shape index (κ3) is 6.29. The van der Waals surface area contributed by atoms with E-state index in [9.17, 15) is 14.0 Å². The summed E-state index contributed by atoms with van der Waals surface area (Å²) >= 11 is 0. The van der Waals surface area contributed by atoms with Gasteiger partial charge in [-0.3, -0.25) is 9.59 Å². The van der Waals surface area contributed by atoms with E-state index in [-0.39, 0.29) is 30.4 Å². The molecular formula is C22H26FN3O3. The third-order valence-corrected chi connectivity index (χ3v) is 4.70. The summed E-state index contributed by atoms with van der Waals surface area (Å²) < 4.78 is 19.8. The van der Waals surface area contributed by atoms with Crippen LogP contribution in [0, 0.1) is 5.82 Å². The van der Waals surface area contributed by atoms with Crippen molar-refractivity contribution in [2.45, 2.75) is 38.3 Å². The molecule has 0 aromatic heterocycles. The SMILES string of the molecule is CC(CC(=O)Nc1ccc(NCC2CCCO2)c(F)c1)NC(=O)c1ccccc1. The molecule has 0 saturated carbocycles. The highest BCUT2D eigenvalue weighted by Gasteiger charge is 2.16. The molecule has 0 spiro atoms. The number of hydrogen-bond donors (Lipinski definition) is 3. The van der Waals surface area contributed by atoms with Crippen LogP contribution in [0.3, 0.4) is 0 Å². The molecule has 29 heavy (non-hydrogen) atoms. The van der Waals surface area contributed by atoms with Crippen molar-refractivity contribution >= 4 is 23.2 Å². The lowest BCUT2D eigenvalue weighted by Gasteiger charge is -2.15. The van der Waals surface area contributed by atoms with Crippen LogP contribution >= 0.6 is 0 Å². The third-order valence-electron chi connectivity index (χ3n) is 4.70. The average molecular weight is 399 g/mol. The van der Waals surface area contributed by atoms with Crippen molar-refractivity contribution in [3.05, 3.63) is 59.9 Å². The number of hydrogen-bond acceptors (Lipinski definition) is 4. The largest absolute Gasteiger partial charge is 0.380 e. The minimum atomic E-state index is -0.439. The molecule has 0 aliphatic carbocycles. The zero-order chi connectivity index (χ0) is 20.6. The molecule has 2 aromatic carbocycles. The van der Waals surface area contributed by atoms with Gasteiger partial charge in [-0.25, -0.2) is 4.39 Å². The van der Waals surface area contributed by atoms with Crippen LogP contribution in [0.2, 0.25) is 0 Å². The first-order valence-electron chi connectivity index (χ1n) is 9.82. The van der Waals surface area contributed by atoms with E-state index in [0.29, 0.717) is 23.5 Å². The number of anilines is 2. The molecule has 0 bridgehead atoms. The summed E-state index contributed by atoms with van der Waals surface area (Å²) in [6.07, 6.45) is 2.20. The van der Waals surface area contributed by atoms with Crippen LogP contribution in [0.15, 0.2) is 48.5 Å². The van der Waals surface area contributed by atoms with Crippen molar-refractivity contribution in [3.8, 4) is 0 Å². The Balaban J connectivity index is 1.46. The van der Waals surface area contributed by atoms with Gasteiger partial charge in [-0.05, 0) is 50.1 Å². The monoisotopic (exact) mass is 399 g/mol. The maximum atomic E-state index is 14.3. The first-order valence-corrected chi connectivity index (χ1v) is 9.82. The van der Waals surface area contributed by atoms with E-state index in [4.69, 9.17) is 4.74 Å². The number of ether oxygens (including phenoxy) is 1. The Morgan fingerprint density at radius 2 is 2.00 bits per heavy atom. The van der Waals surface area contributed by atoms with Crippen molar-refractivity contribution in [3.63, 3.8) is 0 Å². The summed E-state index contributed by atoms with van der Waals surface area (Å²) in [5.74, 6) is -0.977. The number of carbonyl (C=O) groups is 2. The van der Waals surface area contributed by atoms with Gasteiger partial charge in [0.15, 0.2) is 0 Å². The van der Waals surface area contributed by atoms with Crippen LogP contribution in [0.4, 0.5) is 15.8 Å². The Kier molecular flexibility index (Phi) is 7.19. The molecule has 1 aliphatic rings. The highest BCUT2D eigenvalue weighted by atomic mass is 19.1. The number of halogens is 1. The Labute approximate surface area is 169 Å². The summed E-state index contributed by atoms with van der Waals surface area (Å²) in [5.41, 5.74) is 1.28. The molecule has 2 atom stereocenters. The molecule has 3 N–H and O–H groups in total. The minimum Gasteiger partial charge on any atom is -0.380 e. The van der Waals surface area contributed by atoms with E-state index < -0.39 is 5.82 Å². The van der Waals surface area contributed by atoms with Gasteiger partial charge in [-0.2, -0.15) is 0 Å². The van der Waals surface area contributed by atoms with E-state index in [2.05, 4.69) is 16.0 Å². The second-order valence-corrected chi connectivity index (χ2v) is 7.20. The summed E-state index contributed by atoms with van der Waals surface area (Å²) in [6.45, 7) is 3.06. The van der Waals surface area contributed by atoms with Gasteiger partial charge in [-0.1, -0.05) is 18.2 Å². The molecule has 2 amide bonds. The summed E-state index contributed by atoms with van der Waals surface area (Å²) in [7, 11) is 0. The molecule has 2 aromatic rings. The maximum Gasteiger partial charge on any atom is 0.251 e. The number of rotatable bonds is 8. The molecule has 1 heterocycles. The predicted octanol–water partition coefficient (Wildman–Crippen LogP) is 3.56. The first-order chi connectivity index (χ1) is 14.0. The second-order valence-electron chi connectivity index (χ2n) is 7.20. The van der Waals surface area contributed by atoms with Crippen LogP contribution in [0.1, 0.15) is 36.5 Å². The zero-order valence-corrected chi connectivity index (χ0v) is 16.4. The van der Waals surface area contributed by atoms with Gasteiger partial charge in [0.25, 0.3) is 5.91 Å². The van der Waals surface area contributed by atoms with Gasteiger partial charge in [0.2, 0.25) is 5.91 Å². The summed E-state index contributed by atoms with van der Waals surface area (Å²) in [5, 5.41) is 8.49. The fourth-order valence-corrected chi connectivity index (χ4v) is 3.20. The summed E-state index contributed by atoms with van der Waals surface area (Å²) in [6, 6.07) is 13.0. The lowest BCUT2D eigenvalue weighted by atomic mass is 10.1. The Bertz CT molecular complexity index is 838. The molecule has 1 aliphatic heterocycles. The molecule has 6 nitrogen and oxygen atoms in total. The quantitative estimate of drug-likeness (QED) is 0.634. The number of carbonyl (C=O) groups excluding carboxylic acids is 2. The molecule has 2 unspecified atom stereocenters. The van der Waals surface area contributed by atoms with E-state index in [1.165, 1.54) is 6.07 Å². The smallest absolute Gasteiger partial charge is 0.251 e. The van der Waals surface area contributed by atoms with Gasteiger partial charge in [-0.15, -0.1) is 0 Å². The van der Waals surface area contributed by atoms with E-state index >= 15 is 0 Å². The fraction of sp³-hybridized carbons (Fsp3) is 0.364. The van der Waals surface area contributed by atoms with Crippen LogP contribution < -0.4 is 16.0 Å². The standard InChI is InChI=1S/C22H26FN3O3/c1-15(25-22(28)16-6-3-2-4-7-16)12-21(27)26-17-9-10-20(19(23)13-17)24-14-18-8-5-11-29-18/h2-4,6-7,9-10,13,15,18,24H,5,8,11-12,14H2,1H3,(H,25,28)(H,26,27). The highest BCUT2D eigenvalue weighted by Crippen LogP contribution is 2.20. The van der Waals surface area contributed by atoms with Crippen molar-refractivity contribution in [2.24, 2.45) is 0 Å². The summed E-state index contributed by atoms with van der Waals surface area (Å²) in [4.78, 5) is 24.3. The minimum absolute atomic E-state index is 0.0826. The number of amides is 2. The van der Waals surface area contributed by atoms with Gasteiger partial charge in [0, 0.05) is 36.9 Å². The molecule has 0 radical (unpaired) electrons. The van der Waals surface area contributed by atoms with Crippen molar-refractivity contribution in [2.75, 3.05) is 23.8 Å². The average Bonchev–Trinajstić information content (AvgIpc) is 3.21. The second kappa shape index (κ2) is 10.0. The Morgan fingerprint density at radius 3 is 2.69 bits per heavy atom. The first kappa shape index (κ1) is 20.8. The van der Waals surface area contributed by atoms with E-state index in [1.807, 2.05) is 6.07 Å². The van der Waals surface area contributed by atoms with Crippen molar-refractivity contribution in [1.82, 2.24) is 5.32 Å². The Hall–Kier alpha value is -2.93. The zero-order valence-electron chi connectivity index (χ0n) is 16.4. The normalized spacial score (nSPS) is 16.8.